The summed E-state index contributed by atoms with van der Waals surface area (Å²) in [6.45, 7) is 13.2. The van der Waals surface area contributed by atoms with Crippen molar-refractivity contribution in [2.24, 2.45) is 0 Å². The van der Waals surface area contributed by atoms with Crippen molar-refractivity contribution in [2.45, 2.75) is 66.0 Å². The van der Waals surface area contributed by atoms with Crippen LogP contribution in [0.5, 0.6) is 0 Å². The highest BCUT2D eigenvalue weighted by Crippen LogP contribution is 2.33. The van der Waals surface area contributed by atoms with Crippen LogP contribution in [0.25, 0.3) is 0 Å². The number of thiazole rings is 1. The van der Waals surface area contributed by atoms with E-state index < -0.39 is 0 Å². The largest absolute Gasteiger partial charge is 0.346 e. The Morgan fingerprint density at radius 2 is 1.95 bits per heavy atom. The Hall–Kier alpha value is -0.610. The molecule has 19 heavy (non-hydrogen) atoms. The number of nitrogens with zero attached hydrogens (tertiary/aromatic N) is 2. The van der Waals surface area contributed by atoms with E-state index in [1.165, 1.54) is 15.7 Å². The summed E-state index contributed by atoms with van der Waals surface area (Å²) in [6.07, 6.45) is 2.31. The molecule has 0 saturated heterocycles. The maximum absolute atomic E-state index is 4.94. The molecule has 1 N–H and O–H groups in total. The molecular weight excluding hydrogens is 254 g/mol. The molecule has 0 radical (unpaired) electrons. The van der Waals surface area contributed by atoms with Gasteiger partial charge in [-0.15, -0.1) is 11.3 Å². The molecule has 0 aliphatic carbocycles. The van der Waals surface area contributed by atoms with Crippen LogP contribution in [0.4, 0.5) is 5.13 Å². The Kier molecular flexibility index (Phi) is 6.80. The summed E-state index contributed by atoms with van der Waals surface area (Å²) in [7, 11) is 2.01. The Balaban J connectivity index is 3.07. The summed E-state index contributed by atoms with van der Waals surface area (Å²) >= 11 is 1.86. The summed E-state index contributed by atoms with van der Waals surface area (Å²) in [5.74, 6) is 0.545. The second-order valence-corrected chi connectivity index (χ2v) is 6.49. The number of rotatable bonds is 8. The van der Waals surface area contributed by atoms with Crippen molar-refractivity contribution in [2.75, 3.05) is 18.5 Å². The smallest absolute Gasteiger partial charge is 0.186 e. The maximum atomic E-state index is 4.94. The first-order valence-electron chi connectivity index (χ1n) is 7.45. The van der Waals surface area contributed by atoms with Crippen molar-refractivity contribution in [1.29, 1.82) is 0 Å². The van der Waals surface area contributed by atoms with Gasteiger partial charge in [0.25, 0.3) is 0 Å². The van der Waals surface area contributed by atoms with Gasteiger partial charge in [0.15, 0.2) is 5.13 Å². The average Bonchev–Trinajstić information content (AvgIpc) is 2.78. The van der Waals surface area contributed by atoms with E-state index in [9.17, 15) is 0 Å². The molecule has 0 spiro atoms. The van der Waals surface area contributed by atoms with E-state index in [0.29, 0.717) is 12.0 Å². The maximum Gasteiger partial charge on any atom is 0.186 e. The first-order chi connectivity index (χ1) is 9.04. The fourth-order valence-corrected chi connectivity index (χ4v) is 3.51. The second kappa shape index (κ2) is 7.85. The number of aromatic nitrogens is 1. The van der Waals surface area contributed by atoms with Crippen LogP contribution in [-0.4, -0.2) is 24.6 Å². The highest BCUT2D eigenvalue weighted by molar-refractivity contribution is 7.15. The molecule has 0 aliphatic heterocycles. The lowest BCUT2D eigenvalue weighted by Gasteiger charge is -2.25. The molecule has 1 heterocycles. The van der Waals surface area contributed by atoms with E-state index in [2.05, 4.69) is 44.8 Å². The molecule has 1 aromatic heterocycles. The minimum absolute atomic E-state index is 0.512. The normalized spacial score (nSPS) is 13.0. The topological polar surface area (TPSA) is 28.2 Å². The standard InChI is InChI=1S/C15H29N3S/c1-7-9-18(11(3)4)15-17-14(12(5)8-2)13(19-15)10-16-6/h11-12,16H,7-10H2,1-6H3. The predicted octanol–water partition coefficient (Wildman–Crippen LogP) is 4.00. The van der Waals surface area contributed by atoms with Crippen LogP contribution in [0.2, 0.25) is 0 Å². The van der Waals surface area contributed by atoms with Crippen molar-refractivity contribution in [3.63, 3.8) is 0 Å². The zero-order chi connectivity index (χ0) is 14.4. The Morgan fingerprint density at radius 1 is 1.26 bits per heavy atom. The summed E-state index contributed by atoms with van der Waals surface area (Å²) in [5.41, 5.74) is 1.29. The lowest BCUT2D eigenvalue weighted by atomic mass is 10.0. The zero-order valence-electron chi connectivity index (χ0n) is 13.3. The van der Waals surface area contributed by atoms with Gasteiger partial charge >= 0.3 is 0 Å². The van der Waals surface area contributed by atoms with Crippen molar-refractivity contribution in [3.8, 4) is 0 Å². The minimum Gasteiger partial charge on any atom is -0.346 e. The predicted molar refractivity (Wildman–Crippen MR) is 86.4 cm³/mol. The molecule has 3 nitrogen and oxygen atoms in total. The van der Waals surface area contributed by atoms with Crippen LogP contribution in [0.15, 0.2) is 0 Å². The molecule has 0 bridgehead atoms. The first kappa shape index (κ1) is 16.4. The van der Waals surface area contributed by atoms with Gasteiger partial charge in [-0.1, -0.05) is 20.8 Å². The fourth-order valence-electron chi connectivity index (χ4n) is 2.15. The Morgan fingerprint density at radius 3 is 2.42 bits per heavy atom. The van der Waals surface area contributed by atoms with Gasteiger partial charge in [0.1, 0.15) is 0 Å². The first-order valence-corrected chi connectivity index (χ1v) is 8.27. The van der Waals surface area contributed by atoms with Crippen molar-refractivity contribution < 1.29 is 0 Å². The van der Waals surface area contributed by atoms with Crippen LogP contribution in [0.1, 0.15) is 63.9 Å². The second-order valence-electron chi connectivity index (χ2n) is 5.43. The van der Waals surface area contributed by atoms with Crippen molar-refractivity contribution >= 4 is 16.5 Å². The van der Waals surface area contributed by atoms with Crippen molar-refractivity contribution in [3.05, 3.63) is 10.6 Å². The molecule has 1 rings (SSSR count). The van der Waals surface area contributed by atoms with Gasteiger partial charge in [-0.3, -0.25) is 0 Å². The van der Waals surface area contributed by atoms with Gasteiger partial charge in [-0.25, -0.2) is 4.98 Å². The van der Waals surface area contributed by atoms with Crippen LogP contribution < -0.4 is 10.2 Å². The lowest BCUT2D eigenvalue weighted by Crippen LogP contribution is -2.31. The highest BCUT2D eigenvalue weighted by atomic mass is 32.1. The third-order valence-corrected chi connectivity index (χ3v) is 4.57. The van der Waals surface area contributed by atoms with Crippen LogP contribution in [0.3, 0.4) is 0 Å². The summed E-state index contributed by atoms with van der Waals surface area (Å²) in [6, 6.07) is 0.512. The zero-order valence-corrected chi connectivity index (χ0v) is 14.1. The number of hydrogen-bond acceptors (Lipinski definition) is 4. The van der Waals surface area contributed by atoms with Gasteiger partial charge in [0.05, 0.1) is 5.69 Å². The third kappa shape index (κ3) is 4.18. The Bertz CT molecular complexity index is 373. The third-order valence-electron chi connectivity index (χ3n) is 3.47. The highest BCUT2D eigenvalue weighted by Gasteiger charge is 2.20. The molecule has 1 unspecified atom stereocenters. The van der Waals surface area contributed by atoms with E-state index >= 15 is 0 Å². The van der Waals surface area contributed by atoms with Gasteiger partial charge in [-0.2, -0.15) is 0 Å². The fraction of sp³-hybridized carbons (Fsp3) is 0.800. The van der Waals surface area contributed by atoms with E-state index in [1.54, 1.807) is 0 Å². The number of hydrogen-bond donors (Lipinski definition) is 1. The van der Waals surface area contributed by atoms with Gasteiger partial charge in [0, 0.05) is 24.0 Å². The van der Waals surface area contributed by atoms with Crippen LogP contribution >= 0.6 is 11.3 Å². The summed E-state index contributed by atoms with van der Waals surface area (Å²) in [5, 5.41) is 4.46. The van der Waals surface area contributed by atoms with E-state index in [-0.39, 0.29) is 0 Å². The van der Waals surface area contributed by atoms with E-state index in [0.717, 1.165) is 25.9 Å². The van der Waals surface area contributed by atoms with Crippen LogP contribution in [-0.2, 0) is 6.54 Å². The Labute approximate surface area is 122 Å². The molecular formula is C15H29N3S. The number of anilines is 1. The summed E-state index contributed by atoms with van der Waals surface area (Å²) in [4.78, 5) is 8.77. The molecule has 1 aromatic rings. The van der Waals surface area contributed by atoms with Crippen LogP contribution in [0, 0.1) is 0 Å². The van der Waals surface area contributed by atoms with E-state index in [1.807, 2.05) is 18.4 Å². The lowest BCUT2D eigenvalue weighted by molar-refractivity contribution is 0.658. The molecule has 0 saturated carbocycles. The molecule has 4 heteroatoms. The minimum atomic E-state index is 0.512. The molecule has 110 valence electrons. The molecule has 0 fully saturated rings. The SMILES string of the molecule is CCCN(c1nc(C(C)CC)c(CNC)s1)C(C)C. The van der Waals surface area contributed by atoms with E-state index in [4.69, 9.17) is 4.98 Å². The summed E-state index contributed by atoms with van der Waals surface area (Å²) < 4.78 is 0. The monoisotopic (exact) mass is 283 g/mol. The number of nitrogens with one attached hydrogen (secondary N) is 1. The molecule has 1 atom stereocenters. The molecule has 0 amide bonds. The molecule has 0 aromatic carbocycles. The average molecular weight is 283 g/mol. The van der Waals surface area contributed by atoms with Gasteiger partial charge in [-0.05, 0) is 39.7 Å². The van der Waals surface area contributed by atoms with Gasteiger partial charge < -0.3 is 10.2 Å². The molecule has 0 aliphatic rings. The van der Waals surface area contributed by atoms with Gasteiger partial charge in [0.2, 0.25) is 0 Å². The van der Waals surface area contributed by atoms with Crippen molar-refractivity contribution in [1.82, 2.24) is 10.3 Å². The quantitative estimate of drug-likeness (QED) is 0.781.